The van der Waals surface area contributed by atoms with Crippen molar-refractivity contribution in [2.75, 3.05) is 26.2 Å². The highest BCUT2D eigenvalue weighted by atomic mass is 19.1. The Morgan fingerprint density at radius 3 is 2.52 bits per heavy atom. The Bertz CT molecular complexity index is 723. The van der Waals surface area contributed by atoms with Crippen molar-refractivity contribution in [1.29, 1.82) is 0 Å². The highest BCUT2D eigenvalue weighted by Crippen LogP contribution is 2.14. The second-order valence-electron chi connectivity index (χ2n) is 6.71. The van der Waals surface area contributed by atoms with Crippen molar-refractivity contribution in [3.63, 3.8) is 0 Å². The topological polar surface area (TPSA) is 23.6 Å². The Hall–Kier alpha value is -2.20. The molecule has 0 N–H and O–H groups in total. The Labute approximate surface area is 149 Å². The number of hydrogen-bond donors (Lipinski definition) is 0. The zero-order chi connectivity index (χ0) is 17.6. The van der Waals surface area contributed by atoms with Gasteiger partial charge in [-0.05, 0) is 42.2 Å². The van der Waals surface area contributed by atoms with Crippen LogP contribution in [0.2, 0.25) is 0 Å². The third-order valence-corrected chi connectivity index (χ3v) is 4.90. The molecule has 0 bridgehead atoms. The lowest BCUT2D eigenvalue weighted by molar-refractivity contribution is -0.133. The predicted molar refractivity (Wildman–Crippen MR) is 97.8 cm³/mol. The summed E-state index contributed by atoms with van der Waals surface area (Å²) < 4.78 is 13.2. The Morgan fingerprint density at radius 2 is 1.80 bits per heavy atom. The molecule has 132 valence electrons. The maximum atomic E-state index is 13.2. The van der Waals surface area contributed by atoms with Gasteiger partial charge in [0.2, 0.25) is 5.91 Å². The van der Waals surface area contributed by atoms with Crippen LogP contribution in [0.3, 0.4) is 0 Å². The number of piperazine rings is 1. The number of aryl methyl sites for hydroxylation is 2. The van der Waals surface area contributed by atoms with Crippen LogP contribution in [0, 0.1) is 12.7 Å². The van der Waals surface area contributed by atoms with Gasteiger partial charge in [0, 0.05) is 39.1 Å². The van der Waals surface area contributed by atoms with Crippen molar-refractivity contribution >= 4 is 5.91 Å². The SMILES string of the molecule is Cc1ccccc1CN1CCN(C(=O)CCc2cccc(F)c2)CC1. The molecule has 0 atom stereocenters. The van der Waals surface area contributed by atoms with Gasteiger partial charge in [-0.2, -0.15) is 0 Å². The van der Waals surface area contributed by atoms with Gasteiger partial charge >= 0.3 is 0 Å². The molecule has 4 heteroatoms. The van der Waals surface area contributed by atoms with E-state index in [-0.39, 0.29) is 11.7 Å². The molecule has 0 aromatic heterocycles. The van der Waals surface area contributed by atoms with E-state index in [1.807, 2.05) is 11.0 Å². The standard InChI is InChI=1S/C21H25FN2O/c1-17-5-2-3-7-19(17)16-23-11-13-24(14-12-23)21(25)10-9-18-6-4-8-20(22)15-18/h2-8,15H,9-14,16H2,1H3. The third kappa shape index (κ3) is 4.89. The molecule has 1 aliphatic heterocycles. The van der Waals surface area contributed by atoms with E-state index in [1.165, 1.54) is 23.3 Å². The Kier molecular flexibility index (Phi) is 5.82. The molecule has 1 fully saturated rings. The first-order valence-corrected chi connectivity index (χ1v) is 8.91. The highest BCUT2D eigenvalue weighted by Gasteiger charge is 2.21. The molecule has 0 saturated carbocycles. The Morgan fingerprint density at radius 1 is 1.04 bits per heavy atom. The minimum Gasteiger partial charge on any atom is -0.340 e. The van der Waals surface area contributed by atoms with Crippen molar-refractivity contribution in [3.8, 4) is 0 Å². The summed E-state index contributed by atoms with van der Waals surface area (Å²) in [6, 6.07) is 15.0. The number of rotatable bonds is 5. The fourth-order valence-corrected chi connectivity index (χ4v) is 3.29. The number of halogens is 1. The summed E-state index contributed by atoms with van der Waals surface area (Å²) in [5.74, 6) is -0.0745. The van der Waals surface area contributed by atoms with Crippen molar-refractivity contribution in [1.82, 2.24) is 9.80 Å². The average molecular weight is 340 g/mol. The van der Waals surface area contributed by atoms with Crippen LogP contribution < -0.4 is 0 Å². The van der Waals surface area contributed by atoms with Crippen LogP contribution in [0.15, 0.2) is 48.5 Å². The van der Waals surface area contributed by atoms with Crippen LogP contribution >= 0.6 is 0 Å². The van der Waals surface area contributed by atoms with Crippen LogP contribution in [-0.2, 0) is 17.8 Å². The van der Waals surface area contributed by atoms with Crippen molar-refractivity contribution < 1.29 is 9.18 Å². The second-order valence-corrected chi connectivity index (χ2v) is 6.71. The largest absolute Gasteiger partial charge is 0.340 e. The molecular formula is C21H25FN2O. The molecule has 3 rings (SSSR count). The fourth-order valence-electron chi connectivity index (χ4n) is 3.29. The van der Waals surface area contributed by atoms with Gasteiger partial charge in [-0.15, -0.1) is 0 Å². The molecule has 1 saturated heterocycles. The lowest BCUT2D eigenvalue weighted by Crippen LogP contribution is -2.48. The smallest absolute Gasteiger partial charge is 0.222 e. The van der Waals surface area contributed by atoms with E-state index in [2.05, 4.69) is 36.1 Å². The van der Waals surface area contributed by atoms with Gasteiger partial charge in [0.1, 0.15) is 5.82 Å². The monoisotopic (exact) mass is 340 g/mol. The average Bonchev–Trinajstić information content (AvgIpc) is 2.62. The van der Waals surface area contributed by atoms with Gasteiger partial charge in [0.25, 0.3) is 0 Å². The molecule has 1 aliphatic rings. The van der Waals surface area contributed by atoms with E-state index >= 15 is 0 Å². The molecule has 2 aromatic rings. The van der Waals surface area contributed by atoms with Crippen LogP contribution in [0.5, 0.6) is 0 Å². The minimum atomic E-state index is -0.241. The van der Waals surface area contributed by atoms with Crippen molar-refractivity contribution in [2.24, 2.45) is 0 Å². The van der Waals surface area contributed by atoms with Gasteiger partial charge in [-0.3, -0.25) is 9.69 Å². The lowest BCUT2D eigenvalue weighted by atomic mass is 10.1. The van der Waals surface area contributed by atoms with E-state index in [1.54, 1.807) is 6.07 Å². The summed E-state index contributed by atoms with van der Waals surface area (Å²) in [6.07, 6.45) is 1.04. The van der Waals surface area contributed by atoms with Crippen LogP contribution in [0.1, 0.15) is 23.1 Å². The van der Waals surface area contributed by atoms with Gasteiger partial charge in [0.05, 0.1) is 0 Å². The summed E-state index contributed by atoms with van der Waals surface area (Å²) in [4.78, 5) is 16.7. The van der Waals surface area contributed by atoms with Crippen molar-refractivity contribution in [3.05, 3.63) is 71.0 Å². The van der Waals surface area contributed by atoms with E-state index in [4.69, 9.17) is 0 Å². The maximum absolute atomic E-state index is 13.2. The van der Waals surface area contributed by atoms with Gasteiger partial charge in [-0.1, -0.05) is 36.4 Å². The zero-order valence-corrected chi connectivity index (χ0v) is 14.7. The summed E-state index contributed by atoms with van der Waals surface area (Å²) in [6.45, 7) is 6.43. The second kappa shape index (κ2) is 8.26. The quantitative estimate of drug-likeness (QED) is 0.833. The highest BCUT2D eigenvalue weighted by molar-refractivity contribution is 5.76. The third-order valence-electron chi connectivity index (χ3n) is 4.90. The molecule has 2 aromatic carbocycles. The first-order chi connectivity index (χ1) is 12.1. The van der Waals surface area contributed by atoms with E-state index in [0.29, 0.717) is 12.8 Å². The molecule has 1 heterocycles. The molecule has 0 spiro atoms. The lowest BCUT2D eigenvalue weighted by Gasteiger charge is -2.35. The van der Waals surface area contributed by atoms with Gasteiger partial charge < -0.3 is 4.90 Å². The summed E-state index contributed by atoms with van der Waals surface area (Å²) in [5.41, 5.74) is 3.55. The number of carbonyl (C=O) groups is 1. The van der Waals surface area contributed by atoms with E-state index in [0.717, 1.165) is 38.3 Å². The minimum absolute atomic E-state index is 0.166. The van der Waals surface area contributed by atoms with Crippen LogP contribution in [0.25, 0.3) is 0 Å². The first-order valence-electron chi connectivity index (χ1n) is 8.91. The van der Waals surface area contributed by atoms with E-state index < -0.39 is 0 Å². The van der Waals surface area contributed by atoms with Crippen molar-refractivity contribution in [2.45, 2.75) is 26.3 Å². The maximum Gasteiger partial charge on any atom is 0.222 e. The molecule has 0 aliphatic carbocycles. The molecule has 3 nitrogen and oxygen atoms in total. The predicted octanol–water partition coefficient (Wildman–Crippen LogP) is 3.41. The fraction of sp³-hybridized carbons (Fsp3) is 0.381. The number of hydrogen-bond acceptors (Lipinski definition) is 2. The molecule has 0 unspecified atom stereocenters. The van der Waals surface area contributed by atoms with Crippen LogP contribution in [-0.4, -0.2) is 41.9 Å². The number of benzene rings is 2. The number of carbonyl (C=O) groups excluding carboxylic acids is 1. The normalized spacial score (nSPS) is 15.4. The van der Waals surface area contributed by atoms with Crippen LogP contribution in [0.4, 0.5) is 4.39 Å². The summed E-state index contributed by atoms with van der Waals surface area (Å²) >= 11 is 0. The molecule has 0 radical (unpaired) electrons. The molecular weight excluding hydrogens is 315 g/mol. The number of amides is 1. The van der Waals surface area contributed by atoms with E-state index in [9.17, 15) is 9.18 Å². The first kappa shape index (κ1) is 17.6. The zero-order valence-electron chi connectivity index (χ0n) is 14.7. The van der Waals surface area contributed by atoms with Gasteiger partial charge in [-0.25, -0.2) is 4.39 Å². The summed E-state index contributed by atoms with van der Waals surface area (Å²) in [7, 11) is 0. The molecule has 25 heavy (non-hydrogen) atoms. The Balaban J connectivity index is 1.45. The van der Waals surface area contributed by atoms with Gasteiger partial charge in [0.15, 0.2) is 0 Å². The number of nitrogens with zero attached hydrogens (tertiary/aromatic N) is 2. The molecule has 1 amide bonds. The summed E-state index contributed by atoms with van der Waals surface area (Å²) in [5, 5.41) is 0.